The maximum absolute atomic E-state index is 13.4. The van der Waals surface area contributed by atoms with Crippen LogP contribution in [0.4, 0.5) is 5.69 Å². The lowest BCUT2D eigenvalue weighted by molar-refractivity contribution is 0.0280. The van der Waals surface area contributed by atoms with E-state index >= 15 is 0 Å². The first-order valence-corrected chi connectivity index (χ1v) is 13.2. The van der Waals surface area contributed by atoms with Crippen LogP contribution in [0.3, 0.4) is 0 Å². The van der Waals surface area contributed by atoms with Gasteiger partial charge in [-0.2, -0.15) is 0 Å². The number of anilines is 1. The molecule has 3 heterocycles. The maximum atomic E-state index is 13.4. The smallest absolute Gasteiger partial charge is 0.335 e. The zero-order valence-corrected chi connectivity index (χ0v) is 21.7. The zero-order chi connectivity index (χ0) is 28.1. The van der Waals surface area contributed by atoms with Gasteiger partial charge in [0.2, 0.25) is 5.89 Å². The number of ether oxygens (including phenoxy) is 1. The van der Waals surface area contributed by atoms with Gasteiger partial charge in [0.15, 0.2) is 5.58 Å². The highest BCUT2D eigenvalue weighted by atomic mass is 16.5. The SMILES string of the molecule is O=C(O)c1ccc2c(c1)C(=O)N(c1ccc(C3CNCCO3)c(-c3nc4cc(-c5ccccc5)ccc4o3)c1)C2=O. The second kappa shape index (κ2) is 9.81. The molecular formula is C32H23N3O6. The fourth-order valence-corrected chi connectivity index (χ4v) is 5.38. The molecule has 2 amide bonds. The van der Waals surface area contributed by atoms with Crippen LogP contribution < -0.4 is 10.2 Å². The minimum atomic E-state index is -1.18. The van der Waals surface area contributed by atoms with Crippen molar-refractivity contribution in [1.82, 2.24) is 10.3 Å². The number of carboxylic acids is 1. The third-order valence-corrected chi connectivity index (χ3v) is 7.43. The van der Waals surface area contributed by atoms with Gasteiger partial charge in [-0.3, -0.25) is 9.59 Å². The fourth-order valence-electron chi connectivity index (χ4n) is 5.38. The Labute approximate surface area is 234 Å². The van der Waals surface area contributed by atoms with Crippen molar-refractivity contribution < 1.29 is 28.6 Å². The number of aromatic nitrogens is 1. The standard InChI is InChI=1S/C32H23N3O6/c36-30-23-9-6-20(32(38)39)14-25(23)31(37)35(30)21-8-10-22(28-17-33-12-13-40-28)24(16-21)29-34-26-15-19(7-11-27(26)41-29)18-4-2-1-3-5-18/h1-11,14-16,28,33H,12-13,17H2,(H,38,39). The molecule has 2 N–H and O–H groups in total. The van der Waals surface area contributed by atoms with E-state index in [9.17, 15) is 19.5 Å². The van der Waals surface area contributed by atoms with E-state index in [2.05, 4.69) is 5.32 Å². The maximum Gasteiger partial charge on any atom is 0.335 e. The Bertz CT molecular complexity index is 1860. The number of hydrogen-bond acceptors (Lipinski definition) is 7. The lowest BCUT2D eigenvalue weighted by Gasteiger charge is -2.26. The summed E-state index contributed by atoms with van der Waals surface area (Å²) in [6, 6.07) is 24.9. The molecule has 9 heteroatoms. The summed E-state index contributed by atoms with van der Waals surface area (Å²) in [6.45, 7) is 1.85. The van der Waals surface area contributed by atoms with Crippen LogP contribution in [0.5, 0.6) is 0 Å². The van der Waals surface area contributed by atoms with E-state index in [0.717, 1.165) is 28.1 Å². The van der Waals surface area contributed by atoms with E-state index in [1.807, 2.05) is 54.6 Å². The van der Waals surface area contributed by atoms with Gasteiger partial charge in [-0.15, -0.1) is 0 Å². The van der Waals surface area contributed by atoms with Gasteiger partial charge in [-0.05, 0) is 59.2 Å². The minimum absolute atomic E-state index is 0.0515. The summed E-state index contributed by atoms with van der Waals surface area (Å²) in [5.74, 6) is -1.96. The van der Waals surface area contributed by atoms with Crippen LogP contribution in [0.15, 0.2) is 89.3 Å². The molecule has 1 unspecified atom stereocenters. The number of imide groups is 1. The quantitative estimate of drug-likeness (QED) is 0.285. The first-order valence-electron chi connectivity index (χ1n) is 13.2. The molecule has 5 aromatic rings. The number of oxazole rings is 1. The Kier molecular flexibility index (Phi) is 5.96. The average molecular weight is 546 g/mol. The molecule has 0 aliphatic carbocycles. The third-order valence-electron chi connectivity index (χ3n) is 7.43. The zero-order valence-electron chi connectivity index (χ0n) is 21.7. The monoisotopic (exact) mass is 545 g/mol. The summed E-state index contributed by atoms with van der Waals surface area (Å²) in [7, 11) is 0. The number of morpholine rings is 1. The van der Waals surface area contributed by atoms with E-state index < -0.39 is 17.8 Å². The van der Waals surface area contributed by atoms with E-state index in [4.69, 9.17) is 14.1 Å². The highest BCUT2D eigenvalue weighted by Crippen LogP contribution is 2.38. The van der Waals surface area contributed by atoms with Gasteiger partial charge < -0.3 is 19.6 Å². The molecule has 1 fully saturated rings. The van der Waals surface area contributed by atoms with Gasteiger partial charge in [0.05, 0.1) is 35.1 Å². The molecule has 0 bridgehead atoms. The number of nitrogens with one attached hydrogen (secondary N) is 1. The number of rotatable bonds is 5. The van der Waals surface area contributed by atoms with Crippen LogP contribution >= 0.6 is 0 Å². The number of carbonyl (C=O) groups is 3. The second-order valence-electron chi connectivity index (χ2n) is 9.91. The molecular weight excluding hydrogens is 522 g/mol. The number of carbonyl (C=O) groups excluding carboxylic acids is 2. The van der Waals surface area contributed by atoms with Crippen LogP contribution in [0.1, 0.15) is 42.7 Å². The average Bonchev–Trinajstić information content (AvgIpc) is 3.55. The molecule has 7 rings (SSSR count). The summed E-state index contributed by atoms with van der Waals surface area (Å²) in [4.78, 5) is 44.0. The molecule has 2 aliphatic heterocycles. The van der Waals surface area contributed by atoms with Crippen LogP contribution in [0.2, 0.25) is 0 Å². The summed E-state index contributed by atoms with van der Waals surface area (Å²) < 4.78 is 12.2. The Morgan fingerprint density at radius 1 is 0.878 bits per heavy atom. The molecule has 202 valence electrons. The first-order chi connectivity index (χ1) is 20.0. The minimum Gasteiger partial charge on any atom is -0.478 e. The van der Waals surface area contributed by atoms with E-state index in [1.54, 1.807) is 12.1 Å². The molecule has 0 spiro atoms. The lowest BCUT2D eigenvalue weighted by atomic mass is 10.00. The van der Waals surface area contributed by atoms with Gasteiger partial charge in [0.25, 0.3) is 11.8 Å². The molecule has 0 radical (unpaired) electrons. The number of aromatic carboxylic acids is 1. The number of nitrogens with zero attached hydrogens (tertiary/aromatic N) is 2. The van der Waals surface area contributed by atoms with Gasteiger partial charge in [0, 0.05) is 18.7 Å². The van der Waals surface area contributed by atoms with Gasteiger partial charge in [-0.25, -0.2) is 14.7 Å². The van der Waals surface area contributed by atoms with Crippen molar-refractivity contribution in [3.05, 3.63) is 107 Å². The van der Waals surface area contributed by atoms with Gasteiger partial charge >= 0.3 is 5.97 Å². The molecule has 1 saturated heterocycles. The summed E-state index contributed by atoms with van der Waals surface area (Å²) in [5.41, 5.74) is 5.18. The largest absolute Gasteiger partial charge is 0.478 e. The van der Waals surface area contributed by atoms with Crippen LogP contribution in [-0.2, 0) is 4.74 Å². The Morgan fingerprint density at radius 3 is 2.49 bits per heavy atom. The molecule has 2 aliphatic rings. The number of carboxylic acid groups (broad SMARTS) is 1. The van der Waals surface area contributed by atoms with E-state index in [0.29, 0.717) is 41.4 Å². The van der Waals surface area contributed by atoms with Crippen molar-refractivity contribution in [3.63, 3.8) is 0 Å². The molecule has 9 nitrogen and oxygen atoms in total. The fraction of sp³-hybridized carbons (Fsp3) is 0.125. The van der Waals surface area contributed by atoms with Crippen molar-refractivity contribution in [3.8, 4) is 22.6 Å². The normalized spacial score (nSPS) is 16.8. The van der Waals surface area contributed by atoms with Crippen molar-refractivity contribution in [2.45, 2.75) is 6.10 Å². The van der Waals surface area contributed by atoms with Crippen molar-refractivity contribution in [2.75, 3.05) is 24.6 Å². The Balaban J connectivity index is 1.33. The number of amides is 2. The van der Waals surface area contributed by atoms with E-state index in [-0.39, 0.29) is 22.8 Å². The summed E-state index contributed by atoms with van der Waals surface area (Å²) >= 11 is 0. The van der Waals surface area contributed by atoms with Crippen LogP contribution in [-0.4, -0.2) is 47.6 Å². The topological polar surface area (TPSA) is 122 Å². The van der Waals surface area contributed by atoms with Crippen molar-refractivity contribution in [1.29, 1.82) is 0 Å². The number of hydrogen-bond donors (Lipinski definition) is 2. The molecule has 0 saturated carbocycles. The first kappa shape index (κ1) is 24.9. The second-order valence-corrected chi connectivity index (χ2v) is 9.91. The lowest BCUT2D eigenvalue weighted by Crippen LogP contribution is -2.34. The van der Waals surface area contributed by atoms with Gasteiger partial charge in [0.1, 0.15) is 5.52 Å². The summed E-state index contributed by atoms with van der Waals surface area (Å²) in [6.07, 6.45) is -0.289. The molecule has 1 aromatic heterocycles. The Hall–Kier alpha value is -5.12. The highest BCUT2D eigenvalue weighted by Gasteiger charge is 2.38. The number of benzene rings is 4. The molecule has 1 atom stereocenters. The summed E-state index contributed by atoms with van der Waals surface area (Å²) in [5, 5.41) is 12.7. The van der Waals surface area contributed by atoms with Crippen molar-refractivity contribution >= 4 is 34.6 Å². The third kappa shape index (κ3) is 4.28. The highest BCUT2D eigenvalue weighted by molar-refractivity contribution is 6.34. The van der Waals surface area contributed by atoms with Gasteiger partial charge in [-0.1, -0.05) is 42.5 Å². The predicted octanol–water partition coefficient (Wildman–Crippen LogP) is 5.32. The van der Waals surface area contributed by atoms with E-state index in [1.165, 1.54) is 18.2 Å². The predicted molar refractivity (Wildman–Crippen MR) is 151 cm³/mol. The van der Waals surface area contributed by atoms with Crippen molar-refractivity contribution in [2.24, 2.45) is 0 Å². The Morgan fingerprint density at radius 2 is 1.71 bits per heavy atom. The van der Waals surface area contributed by atoms with Crippen LogP contribution in [0, 0.1) is 0 Å². The number of fused-ring (bicyclic) bond motifs is 2. The molecule has 41 heavy (non-hydrogen) atoms. The van der Waals surface area contributed by atoms with Crippen LogP contribution in [0.25, 0.3) is 33.7 Å². The molecule has 4 aromatic carbocycles.